The van der Waals surface area contributed by atoms with E-state index in [-0.39, 0.29) is 17.5 Å². The first-order valence-corrected chi connectivity index (χ1v) is 7.82. The molecule has 0 radical (unpaired) electrons. The monoisotopic (exact) mass is 316 g/mol. The average molecular weight is 316 g/mol. The van der Waals surface area contributed by atoms with Gasteiger partial charge >= 0.3 is 5.69 Å². The molecule has 23 heavy (non-hydrogen) atoms. The third-order valence-electron chi connectivity index (χ3n) is 4.29. The highest BCUT2D eigenvalue weighted by molar-refractivity contribution is 5.97. The number of amides is 1. The van der Waals surface area contributed by atoms with Gasteiger partial charge in [0, 0.05) is 24.7 Å². The molecule has 3 rings (SSSR count). The number of nitrogens with zero attached hydrogens (tertiary/aromatic N) is 1. The molecule has 1 saturated carbocycles. The molecule has 1 heterocycles. The van der Waals surface area contributed by atoms with Crippen LogP contribution in [0.25, 0.3) is 10.9 Å². The van der Waals surface area contributed by atoms with E-state index in [9.17, 15) is 14.4 Å². The Kier molecular flexibility index (Phi) is 4.04. The van der Waals surface area contributed by atoms with E-state index in [2.05, 4.69) is 10.3 Å². The van der Waals surface area contributed by atoms with E-state index in [0.29, 0.717) is 35.5 Å². The normalized spacial score (nSPS) is 15.6. The summed E-state index contributed by atoms with van der Waals surface area (Å²) in [6, 6.07) is 4.65. The van der Waals surface area contributed by atoms with Crippen LogP contribution in [0.4, 0.5) is 0 Å². The van der Waals surface area contributed by atoms with Gasteiger partial charge in [-0.15, -0.1) is 0 Å². The fourth-order valence-corrected chi connectivity index (χ4v) is 2.69. The molecule has 0 spiro atoms. The van der Waals surface area contributed by atoms with Gasteiger partial charge in [-0.05, 0) is 43.9 Å². The number of benzene rings is 1. The Morgan fingerprint density at radius 2 is 2.17 bits per heavy atom. The lowest BCUT2D eigenvalue weighted by Gasteiger charge is -2.12. The summed E-state index contributed by atoms with van der Waals surface area (Å²) in [4.78, 5) is 38.9. The molecule has 0 saturated heterocycles. The van der Waals surface area contributed by atoms with Crippen molar-refractivity contribution in [2.45, 2.75) is 32.4 Å². The number of carbonyl (C=O) groups excluding carboxylic acids is 1. The molecule has 7 nitrogen and oxygen atoms in total. The number of nitrogens with two attached hydrogens (primary N) is 1. The third kappa shape index (κ3) is 3.05. The van der Waals surface area contributed by atoms with Crippen molar-refractivity contribution in [1.29, 1.82) is 0 Å². The summed E-state index contributed by atoms with van der Waals surface area (Å²) in [6.07, 6.45) is 2.25. The fourth-order valence-electron chi connectivity index (χ4n) is 2.69. The number of aromatic nitrogens is 2. The van der Waals surface area contributed by atoms with Crippen molar-refractivity contribution in [3.05, 3.63) is 44.6 Å². The van der Waals surface area contributed by atoms with Crippen LogP contribution in [0.2, 0.25) is 0 Å². The summed E-state index contributed by atoms with van der Waals surface area (Å²) in [7, 11) is 0. The number of H-pyrrole nitrogens is 1. The smallest absolute Gasteiger partial charge is 0.328 e. The lowest BCUT2D eigenvalue weighted by atomic mass is 10.1. The van der Waals surface area contributed by atoms with E-state index in [4.69, 9.17) is 5.73 Å². The molecule has 7 heteroatoms. The summed E-state index contributed by atoms with van der Waals surface area (Å²) in [5.74, 6) is 0.249. The van der Waals surface area contributed by atoms with E-state index in [0.717, 1.165) is 17.4 Å². The minimum atomic E-state index is -0.474. The van der Waals surface area contributed by atoms with Gasteiger partial charge in [-0.3, -0.25) is 14.2 Å². The van der Waals surface area contributed by atoms with Crippen LogP contribution in [-0.2, 0) is 6.54 Å². The predicted molar refractivity (Wildman–Crippen MR) is 87.5 cm³/mol. The highest BCUT2D eigenvalue weighted by Gasteiger charge is 2.28. The third-order valence-corrected chi connectivity index (χ3v) is 4.29. The Labute approximate surface area is 132 Å². The minimum Gasteiger partial charge on any atom is -0.350 e. The number of hydrogen-bond acceptors (Lipinski definition) is 4. The molecule has 1 aliphatic rings. The van der Waals surface area contributed by atoms with Crippen LogP contribution in [-0.4, -0.2) is 28.0 Å². The van der Waals surface area contributed by atoms with Crippen LogP contribution >= 0.6 is 0 Å². The van der Waals surface area contributed by atoms with Crippen LogP contribution in [0.5, 0.6) is 0 Å². The largest absolute Gasteiger partial charge is 0.350 e. The minimum absolute atomic E-state index is 0.0176. The van der Waals surface area contributed by atoms with Gasteiger partial charge in [-0.1, -0.05) is 0 Å². The molecule has 0 bridgehead atoms. The molecule has 0 aliphatic heterocycles. The standard InChI is InChI=1S/C16H20N4O3/c1-2-20-15(22)11-6-5-10(7-13(11)19-16(20)23)14(21)18-8-12(17)9-3-4-9/h5-7,9,12H,2-4,8,17H2,1H3,(H,18,21)(H,19,23). The maximum Gasteiger partial charge on any atom is 0.328 e. The maximum atomic E-state index is 12.2. The topological polar surface area (TPSA) is 110 Å². The van der Waals surface area contributed by atoms with E-state index in [1.54, 1.807) is 19.1 Å². The highest BCUT2D eigenvalue weighted by Crippen LogP contribution is 2.31. The summed E-state index contributed by atoms with van der Waals surface area (Å²) in [6.45, 7) is 2.45. The second-order valence-corrected chi connectivity index (χ2v) is 5.95. The number of hydrogen-bond donors (Lipinski definition) is 3. The van der Waals surface area contributed by atoms with Crippen LogP contribution in [0.1, 0.15) is 30.1 Å². The van der Waals surface area contributed by atoms with E-state index < -0.39 is 5.69 Å². The Hall–Kier alpha value is -2.41. The van der Waals surface area contributed by atoms with Crippen molar-refractivity contribution >= 4 is 16.8 Å². The van der Waals surface area contributed by atoms with E-state index in [1.807, 2.05) is 0 Å². The number of rotatable bonds is 5. The fraction of sp³-hybridized carbons (Fsp3) is 0.438. The van der Waals surface area contributed by atoms with Crippen LogP contribution < -0.4 is 22.3 Å². The maximum absolute atomic E-state index is 12.2. The Bertz CT molecular complexity index is 864. The average Bonchev–Trinajstić information content (AvgIpc) is 3.37. The zero-order valence-corrected chi connectivity index (χ0v) is 13.0. The molecular formula is C16H20N4O3. The van der Waals surface area contributed by atoms with E-state index >= 15 is 0 Å². The molecule has 1 atom stereocenters. The molecule has 122 valence electrons. The first-order chi connectivity index (χ1) is 11.0. The summed E-state index contributed by atoms with van der Waals surface area (Å²) < 4.78 is 1.12. The zero-order valence-electron chi connectivity index (χ0n) is 13.0. The molecule has 4 N–H and O–H groups in total. The molecule has 1 amide bonds. The van der Waals surface area contributed by atoms with Crippen molar-refractivity contribution in [3.63, 3.8) is 0 Å². The van der Waals surface area contributed by atoms with Crippen molar-refractivity contribution in [2.24, 2.45) is 11.7 Å². The molecule has 1 unspecified atom stereocenters. The van der Waals surface area contributed by atoms with Gasteiger partial charge in [0.2, 0.25) is 0 Å². The molecule has 1 aliphatic carbocycles. The Balaban J connectivity index is 1.86. The molecule has 1 aromatic carbocycles. The van der Waals surface area contributed by atoms with Gasteiger partial charge in [0.05, 0.1) is 10.9 Å². The SMILES string of the molecule is CCn1c(=O)[nH]c2cc(C(=O)NCC(N)C3CC3)ccc2c1=O. The Morgan fingerprint density at radius 1 is 1.43 bits per heavy atom. The van der Waals surface area contributed by atoms with Gasteiger partial charge in [-0.25, -0.2) is 4.79 Å². The molecule has 2 aromatic rings. The quantitative estimate of drug-likeness (QED) is 0.730. The van der Waals surface area contributed by atoms with Crippen molar-refractivity contribution < 1.29 is 4.79 Å². The van der Waals surface area contributed by atoms with Gasteiger partial charge in [0.25, 0.3) is 11.5 Å². The second-order valence-electron chi connectivity index (χ2n) is 5.95. The number of carbonyl (C=O) groups is 1. The molecule has 1 fully saturated rings. The zero-order chi connectivity index (χ0) is 16.6. The van der Waals surface area contributed by atoms with Gasteiger partial charge in [-0.2, -0.15) is 0 Å². The predicted octanol–water partition coefficient (Wildman–Crippen LogP) is 0.177. The lowest BCUT2D eigenvalue weighted by Crippen LogP contribution is -2.38. The van der Waals surface area contributed by atoms with Gasteiger partial charge in [0.15, 0.2) is 0 Å². The lowest BCUT2D eigenvalue weighted by molar-refractivity contribution is 0.0950. The summed E-state index contributed by atoms with van der Waals surface area (Å²) in [5, 5.41) is 3.18. The second kappa shape index (κ2) is 6.00. The van der Waals surface area contributed by atoms with Gasteiger partial charge in [0.1, 0.15) is 0 Å². The van der Waals surface area contributed by atoms with Gasteiger partial charge < -0.3 is 16.0 Å². The van der Waals surface area contributed by atoms with Crippen LogP contribution in [0, 0.1) is 5.92 Å². The van der Waals surface area contributed by atoms with Crippen LogP contribution in [0.3, 0.4) is 0 Å². The summed E-state index contributed by atoms with van der Waals surface area (Å²) in [5.41, 5.74) is 5.89. The van der Waals surface area contributed by atoms with Crippen molar-refractivity contribution in [2.75, 3.05) is 6.54 Å². The number of fused-ring (bicyclic) bond motifs is 1. The first-order valence-electron chi connectivity index (χ1n) is 7.82. The molecular weight excluding hydrogens is 296 g/mol. The molecule has 1 aromatic heterocycles. The summed E-state index contributed by atoms with van der Waals surface area (Å²) >= 11 is 0. The Morgan fingerprint density at radius 3 is 2.83 bits per heavy atom. The highest BCUT2D eigenvalue weighted by atomic mass is 16.2. The first kappa shape index (κ1) is 15.5. The van der Waals surface area contributed by atoms with Crippen molar-refractivity contribution in [3.8, 4) is 0 Å². The van der Waals surface area contributed by atoms with Crippen molar-refractivity contribution in [1.82, 2.24) is 14.9 Å². The number of nitrogens with one attached hydrogen (secondary N) is 2. The number of aromatic amines is 1. The van der Waals surface area contributed by atoms with E-state index in [1.165, 1.54) is 6.07 Å². The van der Waals surface area contributed by atoms with Crippen LogP contribution in [0.15, 0.2) is 27.8 Å².